The predicted octanol–water partition coefficient (Wildman–Crippen LogP) is -0.0744. The van der Waals surface area contributed by atoms with Crippen LogP contribution in [0.15, 0.2) is 0 Å². The number of ether oxygens (including phenoxy) is 1. The number of carbonyl (C=O) groups is 1. The maximum absolute atomic E-state index is 11.7. The Hall–Kier alpha value is -0.260. The molecule has 0 aromatic heterocycles. The van der Waals surface area contributed by atoms with Crippen molar-refractivity contribution in [1.29, 1.82) is 0 Å². The molecule has 1 saturated heterocycles. The van der Waals surface area contributed by atoms with Gasteiger partial charge in [0.25, 0.3) is 0 Å². The molecule has 0 radical (unpaired) electrons. The van der Waals surface area contributed by atoms with E-state index >= 15 is 0 Å². The Labute approximate surface area is 89.2 Å². The van der Waals surface area contributed by atoms with Crippen molar-refractivity contribution in [2.24, 2.45) is 5.73 Å². The number of rotatable bonds is 4. The number of hydrogen-bond acceptors (Lipinski definition) is 4. The van der Waals surface area contributed by atoms with Gasteiger partial charge in [0, 0.05) is 38.3 Å². The third-order valence-corrected chi connectivity index (χ3v) is 3.22. The molecule has 1 rings (SSSR count). The van der Waals surface area contributed by atoms with Gasteiger partial charge in [0.2, 0.25) is 5.91 Å². The fourth-order valence-electron chi connectivity index (χ4n) is 1.39. The highest BCUT2D eigenvalue weighted by molar-refractivity contribution is 7.99. The van der Waals surface area contributed by atoms with E-state index in [1.807, 2.05) is 16.7 Å². The molecular formula is C9H18N2O2S. The Kier molecular flexibility index (Phi) is 5.29. The molecule has 1 aliphatic rings. The minimum absolute atomic E-state index is 0.0716. The number of methoxy groups -OCH3 is 1. The average molecular weight is 218 g/mol. The van der Waals surface area contributed by atoms with Gasteiger partial charge >= 0.3 is 0 Å². The number of hydrogen-bond donors (Lipinski definition) is 1. The summed E-state index contributed by atoms with van der Waals surface area (Å²) in [6.45, 7) is 2.23. The molecule has 0 aliphatic carbocycles. The number of nitrogens with two attached hydrogens (primary N) is 1. The normalized spacial score (nSPS) is 19.4. The lowest BCUT2D eigenvalue weighted by Gasteiger charge is -2.28. The second-order valence-electron chi connectivity index (χ2n) is 3.33. The molecule has 4 nitrogen and oxygen atoms in total. The molecule has 0 aromatic carbocycles. The van der Waals surface area contributed by atoms with Crippen molar-refractivity contribution in [3.63, 3.8) is 0 Å². The summed E-state index contributed by atoms with van der Waals surface area (Å²) in [5.74, 6) is 2.13. The van der Waals surface area contributed by atoms with Crippen molar-refractivity contribution < 1.29 is 9.53 Å². The van der Waals surface area contributed by atoms with E-state index in [2.05, 4.69) is 0 Å². The fourth-order valence-corrected chi connectivity index (χ4v) is 2.29. The Balaban J connectivity index is 2.30. The molecule has 0 aromatic rings. The summed E-state index contributed by atoms with van der Waals surface area (Å²) in [5.41, 5.74) is 5.76. The highest BCUT2D eigenvalue weighted by Gasteiger charge is 2.22. The van der Waals surface area contributed by atoms with Crippen molar-refractivity contribution >= 4 is 17.7 Å². The summed E-state index contributed by atoms with van der Waals surface area (Å²) < 4.78 is 4.90. The van der Waals surface area contributed by atoms with Crippen molar-refractivity contribution in [3.8, 4) is 0 Å². The van der Waals surface area contributed by atoms with Gasteiger partial charge < -0.3 is 15.4 Å². The van der Waals surface area contributed by atoms with Gasteiger partial charge in [0.15, 0.2) is 0 Å². The van der Waals surface area contributed by atoms with E-state index < -0.39 is 6.04 Å². The first-order chi connectivity index (χ1) is 6.75. The van der Waals surface area contributed by atoms with Crippen LogP contribution in [0.1, 0.15) is 6.42 Å². The largest absolute Gasteiger partial charge is 0.385 e. The summed E-state index contributed by atoms with van der Waals surface area (Å²) in [5, 5.41) is 0. The van der Waals surface area contributed by atoms with E-state index in [0.717, 1.165) is 24.6 Å². The summed E-state index contributed by atoms with van der Waals surface area (Å²) in [4.78, 5) is 13.6. The van der Waals surface area contributed by atoms with Gasteiger partial charge in [-0.05, 0) is 6.42 Å². The molecule has 0 spiro atoms. The number of thioether (sulfide) groups is 1. The Morgan fingerprint density at radius 2 is 2.21 bits per heavy atom. The zero-order chi connectivity index (χ0) is 10.4. The molecule has 1 amide bonds. The van der Waals surface area contributed by atoms with Gasteiger partial charge in [0.1, 0.15) is 0 Å². The summed E-state index contributed by atoms with van der Waals surface area (Å²) in [6.07, 6.45) is 0.610. The van der Waals surface area contributed by atoms with Crippen LogP contribution in [0.4, 0.5) is 0 Å². The molecule has 0 bridgehead atoms. The van der Waals surface area contributed by atoms with Gasteiger partial charge in [-0.3, -0.25) is 4.79 Å². The van der Waals surface area contributed by atoms with Gasteiger partial charge in [0.05, 0.1) is 6.04 Å². The van der Waals surface area contributed by atoms with Gasteiger partial charge in [-0.15, -0.1) is 0 Å². The molecular weight excluding hydrogens is 200 g/mol. The van der Waals surface area contributed by atoms with E-state index in [1.54, 1.807) is 7.11 Å². The maximum atomic E-state index is 11.7. The van der Waals surface area contributed by atoms with Gasteiger partial charge in [-0.2, -0.15) is 11.8 Å². The first-order valence-electron chi connectivity index (χ1n) is 4.86. The number of amides is 1. The molecule has 2 N–H and O–H groups in total. The monoisotopic (exact) mass is 218 g/mol. The standard InChI is InChI=1S/C9H18N2O2S/c1-13-5-2-8(10)9(12)11-3-6-14-7-4-11/h8H,2-7,10H2,1H3. The van der Waals surface area contributed by atoms with E-state index in [-0.39, 0.29) is 5.91 Å². The second kappa shape index (κ2) is 6.27. The lowest BCUT2D eigenvalue weighted by molar-refractivity contribution is -0.132. The molecule has 0 saturated carbocycles. The topological polar surface area (TPSA) is 55.6 Å². The third kappa shape index (κ3) is 3.48. The molecule has 5 heteroatoms. The van der Waals surface area contributed by atoms with E-state index in [0.29, 0.717) is 13.0 Å². The third-order valence-electron chi connectivity index (χ3n) is 2.27. The Morgan fingerprint density at radius 1 is 1.57 bits per heavy atom. The zero-order valence-corrected chi connectivity index (χ0v) is 9.39. The molecule has 1 heterocycles. The van der Waals surface area contributed by atoms with E-state index in [1.165, 1.54) is 0 Å². The first-order valence-corrected chi connectivity index (χ1v) is 6.02. The van der Waals surface area contributed by atoms with Crippen molar-refractivity contribution in [2.45, 2.75) is 12.5 Å². The Morgan fingerprint density at radius 3 is 2.79 bits per heavy atom. The molecule has 14 heavy (non-hydrogen) atoms. The molecule has 1 aliphatic heterocycles. The van der Waals surface area contributed by atoms with Crippen LogP contribution in [-0.2, 0) is 9.53 Å². The minimum atomic E-state index is -0.391. The van der Waals surface area contributed by atoms with Gasteiger partial charge in [-0.1, -0.05) is 0 Å². The second-order valence-corrected chi connectivity index (χ2v) is 4.55. The number of nitrogens with zero attached hydrogens (tertiary/aromatic N) is 1. The average Bonchev–Trinajstić information content (AvgIpc) is 2.26. The van der Waals surface area contributed by atoms with Crippen LogP contribution < -0.4 is 5.73 Å². The van der Waals surface area contributed by atoms with Crippen LogP contribution in [0.25, 0.3) is 0 Å². The lowest BCUT2D eigenvalue weighted by atomic mass is 10.2. The molecule has 82 valence electrons. The summed E-state index contributed by atoms with van der Waals surface area (Å²) in [7, 11) is 1.62. The predicted molar refractivity (Wildman–Crippen MR) is 58.4 cm³/mol. The molecule has 1 unspecified atom stereocenters. The van der Waals surface area contributed by atoms with Crippen molar-refractivity contribution in [2.75, 3.05) is 38.3 Å². The lowest BCUT2D eigenvalue weighted by Crippen LogP contribution is -2.47. The first kappa shape index (κ1) is 11.8. The number of carbonyl (C=O) groups excluding carboxylic acids is 1. The van der Waals surface area contributed by atoms with Crippen LogP contribution >= 0.6 is 11.8 Å². The summed E-state index contributed by atoms with van der Waals surface area (Å²) in [6, 6.07) is -0.391. The maximum Gasteiger partial charge on any atom is 0.239 e. The molecule has 1 atom stereocenters. The SMILES string of the molecule is COCCC(N)C(=O)N1CCSCC1. The summed E-state index contributed by atoms with van der Waals surface area (Å²) >= 11 is 1.89. The highest BCUT2D eigenvalue weighted by atomic mass is 32.2. The van der Waals surface area contributed by atoms with Gasteiger partial charge in [-0.25, -0.2) is 0 Å². The van der Waals surface area contributed by atoms with Crippen molar-refractivity contribution in [1.82, 2.24) is 4.90 Å². The minimum Gasteiger partial charge on any atom is -0.385 e. The zero-order valence-electron chi connectivity index (χ0n) is 8.57. The van der Waals surface area contributed by atoms with E-state index in [9.17, 15) is 4.79 Å². The Bertz CT molecular complexity index is 184. The van der Waals surface area contributed by atoms with E-state index in [4.69, 9.17) is 10.5 Å². The fraction of sp³-hybridized carbons (Fsp3) is 0.889. The molecule has 1 fully saturated rings. The smallest absolute Gasteiger partial charge is 0.239 e. The quantitative estimate of drug-likeness (QED) is 0.717. The van der Waals surface area contributed by atoms with Crippen LogP contribution in [-0.4, -0.2) is 55.2 Å². The van der Waals surface area contributed by atoms with Crippen LogP contribution in [0.2, 0.25) is 0 Å². The van der Waals surface area contributed by atoms with Crippen LogP contribution in [0.3, 0.4) is 0 Å². The van der Waals surface area contributed by atoms with Crippen LogP contribution in [0.5, 0.6) is 0 Å². The van der Waals surface area contributed by atoms with Crippen molar-refractivity contribution in [3.05, 3.63) is 0 Å². The highest BCUT2D eigenvalue weighted by Crippen LogP contribution is 2.10. The van der Waals surface area contributed by atoms with Crippen LogP contribution in [0, 0.1) is 0 Å².